The molecule has 0 unspecified atom stereocenters. The number of nitrogens with zero attached hydrogens (tertiary/aromatic N) is 3. The molecule has 0 aromatic carbocycles. The zero-order chi connectivity index (χ0) is 17.8. The zero-order valence-electron chi connectivity index (χ0n) is 14.9. The second-order valence-corrected chi connectivity index (χ2v) is 8.34. The smallest absolute Gasteiger partial charge is 0.254 e. The van der Waals surface area contributed by atoms with E-state index >= 15 is 0 Å². The van der Waals surface area contributed by atoms with Crippen molar-refractivity contribution in [1.29, 1.82) is 0 Å². The van der Waals surface area contributed by atoms with E-state index in [1.165, 1.54) is 31.9 Å². The van der Waals surface area contributed by atoms with Crippen LogP contribution in [0.2, 0.25) is 0 Å². The van der Waals surface area contributed by atoms with Crippen LogP contribution in [0.3, 0.4) is 0 Å². The van der Waals surface area contributed by atoms with E-state index < -0.39 is 5.91 Å². The maximum Gasteiger partial charge on any atom is 0.254 e. The van der Waals surface area contributed by atoms with Crippen LogP contribution in [-0.4, -0.2) is 32.6 Å². The molecule has 3 aliphatic rings. The van der Waals surface area contributed by atoms with E-state index in [0.717, 1.165) is 42.6 Å². The fourth-order valence-electron chi connectivity index (χ4n) is 4.56. The maximum absolute atomic E-state index is 11.8. The van der Waals surface area contributed by atoms with Crippen molar-refractivity contribution in [1.82, 2.24) is 14.6 Å². The molecule has 138 valence electrons. The Morgan fingerprint density at radius 3 is 2.50 bits per heavy atom. The number of carbonyl (C=O) groups is 1. The first-order chi connectivity index (χ1) is 12.6. The molecule has 0 radical (unpaired) electrons. The molecule has 5 N–H and O–H groups in total. The van der Waals surface area contributed by atoms with Gasteiger partial charge in [-0.25, -0.2) is 4.98 Å². The first-order valence-corrected chi connectivity index (χ1v) is 9.80. The molecule has 7 heteroatoms. The van der Waals surface area contributed by atoms with Gasteiger partial charge in [0, 0.05) is 24.1 Å². The van der Waals surface area contributed by atoms with Gasteiger partial charge in [-0.05, 0) is 56.8 Å². The van der Waals surface area contributed by atoms with Gasteiger partial charge in [-0.3, -0.25) is 4.79 Å². The fraction of sp³-hybridized carbons (Fsp3) is 0.632. The molecule has 0 spiro atoms. The van der Waals surface area contributed by atoms with Gasteiger partial charge in [0.2, 0.25) is 0 Å². The van der Waals surface area contributed by atoms with Crippen molar-refractivity contribution in [3.63, 3.8) is 0 Å². The number of hydrogen-bond acceptors (Lipinski definition) is 5. The van der Waals surface area contributed by atoms with Crippen LogP contribution < -0.4 is 16.8 Å². The van der Waals surface area contributed by atoms with Gasteiger partial charge in [-0.15, -0.1) is 0 Å². The van der Waals surface area contributed by atoms with Crippen molar-refractivity contribution < 1.29 is 4.79 Å². The number of fused-ring (bicyclic) bond motifs is 1. The molecular formula is C19H26N6O. The van der Waals surface area contributed by atoms with Gasteiger partial charge in [-0.2, -0.15) is 9.61 Å². The number of nitrogens with two attached hydrogens (primary N) is 2. The summed E-state index contributed by atoms with van der Waals surface area (Å²) in [6.07, 6.45) is 9.73. The summed E-state index contributed by atoms with van der Waals surface area (Å²) in [7, 11) is 0. The Labute approximate surface area is 152 Å². The summed E-state index contributed by atoms with van der Waals surface area (Å²) in [5, 5.41) is 7.99. The van der Waals surface area contributed by atoms with Crippen molar-refractivity contribution in [2.24, 2.45) is 23.3 Å². The van der Waals surface area contributed by atoms with Gasteiger partial charge in [-0.1, -0.05) is 0 Å². The number of hydrogen-bond donors (Lipinski definition) is 3. The number of rotatable bonds is 6. The summed E-state index contributed by atoms with van der Waals surface area (Å²) >= 11 is 0. The highest BCUT2D eigenvalue weighted by Gasteiger charge is 2.43. The van der Waals surface area contributed by atoms with Crippen LogP contribution >= 0.6 is 0 Å². The molecule has 2 heterocycles. The van der Waals surface area contributed by atoms with Crippen LogP contribution in [0.4, 0.5) is 5.82 Å². The predicted octanol–water partition coefficient (Wildman–Crippen LogP) is 2.02. The summed E-state index contributed by atoms with van der Waals surface area (Å²) in [5.74, 6) is 2.41. The third-order valence-electron chi connectivity index (χ3n) is 6.18. The van der Waals surface area contributed by atoms with Gasteiger partial charge in [0.15, 0.2) is 5.65 Å². The molecule has 3 aliphatic carbocycles. The highest BCUT2D eigenvalue weighted by Crippen LogP contribution is 2.54. The number of amides is 1. The molecular weight excluding hydrogens is 328 g/mol. The number of aromatic nitrogens is 3. The molecule has 1 amide bonds. The highest BCUT2D eigenvalue weighted by atomic mass is 16.1. The van der Waals surface area contributed by atoms with E-state index in [1.54, 1.807) is 4.52 Å². The van der Waals surface area contributed by atoms with Gasteiger partial charge in [0.25, 0.3) is 5.91 Å². The Bertz CT molecular complexity index is 841. The van der Waals surface area contributed by atoms with E-state index in [9.17, 15) is 4.79 Å². The lowest BCUT2D eigenvalue weighted by molar-refractivity contribution is 0.100. The summed E-state index contributed by atoms with van der Waals surface area (Å²) in [6.45, 7) is 0. The molecule has 26 heavy (non-hydrogen) atoms. The average molecular weight is 354 g/mol. The Morgan fingerprint density at radius 1 is 1.19 bits per heavy atom. The van der Waals surface area contributed by atoms with Crippen LogP contribution in [0.15, 0.2) is 12.3 Å². The van der Waals surface area contributed by atoms with Crippen molar-refractivity contribution in [2.45, 2.75) is 62.9 Å². The Morgan fingerprint density at radius 2 is 1.92 bits per heavy atom. The van der Waals surface area contributed by atoms with Crippen molar-refractivity contribution in [2.75, 3.05) is 5.32 Å². The second-order valence-electron chi connectivity index (χ2n) is 8.34. The van der Waals surface area contributed by atoms with Crippen LogP contribution in [0.5, 0.6) is 0 Å². The maximum atomic E-state index is 11.8. The Hall–Kier alpha value is -2.15. The third kappa shape index (κ3) is 2.84. The van der Waals surface area contributed by atoms with Crippen LogP contribution in [-0.2, 0) is 0 Å². The first-order valence-electron chi connectivity index (χ1n) is 9.80. The lowest BCUT2D eigenvalue weighted by Gasteiger charge is -2.20. The SMILES string of the molecule is NC(=O)c1cnn2c(N[C@H]3CC[C@H](N)C3)cc(C(C3CC3)C3CC3)nc12. The van der Waals surface area contributed by atoms with Crippen molar-refractivity contribution >= 4 is 17.4 Å². The third-order valence-corrected chi connectivity index (χ3v) is 6.18. The standard InChI is InChI=1S/C19H26N6O/c20-12-5-6-13(7-12)23-16-8-15(17(10-1-2-10)11-3-4-11)24-19-14(18(21)26)9-22-25(16)19/h8-13,17,23H,1-7,20H2,(H2,21,26)/t12-,13-/m0/s1. The average Bonchev–Trinajstić information content (AvgIpc) is 3.52. The molecule has 0 saturated heterocycles. The number of carbonyl (C=O) groups excluding carboxylic acids is 1. The van der Waals surface area contributed by atoms with E-state index in [4.69, 9.17) is 16.5 Å². The largest absolute Gasteiger partial charge is 0.367 e. The van der Waals surface area contributed by atoms with Gasteiger partial charge in [0.1, 0.15) is 11.4 Å². The van der Waals surface area contributed by atoms with Crippen LogP contribution in [0, 0.1) is 11.8 Å². The lowest BCUT2D eigenvalue weighted by atomic mass is 9.93. The normalized spacial score (nSPS) is 25.9. The zero-order valence-corrected chi connectivity index (χ0v) is 14.9. The van der Waals surface area contributed by atoms with E-state index in [0.29, 0.717) is 23.2 Å². The first kappa shape index (κ1) is 16.1. The summed E-state index contributed by atoms with van der Waals surface area (Å²) in [4.78, 5) is 16.7. The van der Waals surface area contributed by atoms with Gasteiger partial charge < -0.3 is 16.8 Å². The molecule has 2 aromatic rings. The fourth-order valence-corrected chi connectivity index (χ4v) is 4.56. The minimum atomic E-state index is -0.479. The summed E-state index contributed by atoms with van der Waals surface area (Å²) in [6, 6.07) is 2.74. The van der Waals surface area contributed by atoms with Gasteiger partial charge >= 0.3 is 0 Å². The van der Waals surface area contributed by atoms with E-state index in [2.05, 4.69) is 16.5 Å². The minimum absolute atomic E-state index is 0.258. The molecule has 3 fully saturated rings. The monoisotopic (exact) mass is 354 g/mol. The molecule has 0 bridgehead atoms. The summed E-state index contributed by atoms with van der Waals surface area (Å²) in [5.41, 5.74) is 13.7. The van der Waals surface area contributed by atoms with Gasteiger partial charge in [0.05, 0.1) is 11.9 Å². The number of primary amides is 1. The van der Waals surface area contributed by atoms with Crippen molar-refractivity contribution in [3.05, 3.63) is 23.5 Å². The summed E-state index contributed by atoms with van der Waals surface area (Å²) < 4.78 is 1.73. The van der Waals surface area contributed by atoms with E-state index in [1.807, 2.05) is 0 Å². The Balaban J connectivity index is 1.58. The molecule has 7 nitrogen and oxygen atoms in total. The molecule has 2 aromatic heterocycles. The molecule has 0 aliphatic heterocycles. The number of anilines is 1. The molecule has 3 saturated carbocycles. The van der Waals surface area contributed by atoms with Crippen LogP contribution in [0.1, 0.15) is 66.9 Å². The molecule has 2 atom stereocenters. The predicted molar refractivity (Wildman–Crippen MR) is 98.9 cm³/mol. The lowest BCUT2D eigenvalue weighted by Crippen LogP contribution is -2.22. The quantitative estimate of drug-likeness (QED) is 0.735. The number of nitrogens with one attached hydrogen (secondary N) is 1. The van der Waals surface area contributed by atoms with E-state index in [-0.39, 0.29) is 6.04 Å². The van der Waals surface area contributed by atoms with Crippen molar-refractivity contribution in [3.8, 4) is 0 Å². The Kier molecular flexibility index (Phi) is 3.67. The topological polar surface area (TPSA) is 111 Å². The highest BCUT2D eigenvalue weighted by molar-refractivity contribution is 5.98. The second kappa shape index (κ2) is 5.94. The van der Waals surface area contributed by atoms with Crippen LogP contribution in [0.25, 0.3) is 5.65 Å². The molecule has 5 rings (SSSR count). The minimum Gasteiger partial charge on any atom is -0.367 e.